The van der Waals surface area contributed by atoms with Crippen molar-refractivity contribution in [3.8, 4) is 0 Å². The highest BCUT2D eigenvalue weighted by molar-refractivity contribution is 5.84. The second kappa shape index (κ2) is 18.5. The summed E-state index contributed by atoms with van der Waals surface area (Å²) >= 11 is 0. The Bertz CT molecular complexity index is 2000. The highest BCUT2D eigenvalue weighted by atomic mass is 19.4. The van der Waals surface area contributed by atoms with E-state index >= 15 is 0 Å². The summed E-state index contributed by atoms with van der Waals surface area (Å²) in [6.45, 7) is 2.82. The number of aliphatic hydroxyl groups excluding tert-OH is 2. The van der Waals surface area contributed by atoms with Crippen molar-refractivity contribution in [3.63, 3.8) is 0 Å². The second-order valence-electron chi connectivity index (χ2n) is 17.5. The Morgan fingerprint density at radius 1 is 0.661 bits per heavy atom. The van der Waals surface area contributed by atoms with Gasteiger partial charge in [0, 0.05) is 97.7 Å². The third-order valence-corrected chi connectivity index (χ3v) is 13.9. The third-order valence-electron chi connectivity index (χ3n) is 13.9. The first-order chi connectivity index (χ1) is 29.5. The minimum atomic E-state index is -4.37. The number of nitrogens with zero attached hydrogens (tertiary/aromatic N) is 4. The van der Waals surface area contributed by atoms with E-state index in [0.717, 1.165) is 38.5 Å². The van der Waals surface area contributed by atoms with Crippen molar-refractivity contribution in [2.24, 2.45) is 23.7 Å². The number of aromatic nitrogens is 2. The number of hydrogen-bond acceptors (Lipinski definition) is 8. The lowest BCUT2D eigenvalue weighted by molar-refractivity contribution is -0.144. The largest absolute Gasteiger partial charge is 0.396 e. The number of fused-ring (bicyclic) bond motifs is 6. The van der Waals surface area contributed by atoms with E-state index < -0.39 is 61.2 Å². The normalized spacial score (nSPS) is 28.5. The Balaban J connectivity index is 0.000000186. The van der Waals surface area contributed by atoms with Crippen LogP contribution in [0.4, 0.5) is 26.3 Å². The number of alkyl halides is 6. The molecule has 62 heavy (non-hydrogen) atoms. The molecule has 2 amide bonds. The minimum absolute atomic E-state index is 0.0510. The van der Waals surface area contributed by atoms with E-state index in [9.17, 15) is 55.7 Å². The van der Waals surface area contributed by atoms with Crippen molar-refractivity contribution in [3.05, 3.63) is 79.6 Å². The van der Waals surface area contributed by atoms with Crippen LogP contribution in [0.2, 0.25) is 0 Å². The quantitative estimate of drug-likeness (QED) is 0.220. The van der Waals surface area contributed by atoms with E-state index in [1.807, 2.05) is 0 Å². The van der Waals surface area contributed by atoms with Gasteiger partial charge in [-0.15, -0.1) is 0 Å². The number of carbonyl (C=O) groups excluding carboxylic acids is 2. The van der Waals surface area contributed by atoms with Crippen LogP contribution in [0, 0.1) is 23.7 Å². The van der Waals surface area contributed by atoms with E-state index in [1.165, 1.54) is 0 Å². The molecule has 4 aliphatic heterocycles. The number of likely N-dealkylation sites (tertiary alicyclic amines) is 2. The van der Waals surface area contributed by atoms with Crippen LogP contribution in [0.3, 0.4) is 0 Å². The third kappa shape index (κ3) is 9.06. The maximum atomic E-state index is 13.1. The van der Waals surface area contributed by atoms with Crippen molar-refractivity contribution < 1.29 is 46.1 Å². The number of aliphatic hydroxyl groups is 2. The van der Waals surface area contributed by atoms with Gasteiger partial charge in [0.05, 0.1) is 37.0 Å². The zero-order valence-corrected chi connectivity index (χ0v) is 34.9. The molecule has 2 saturated heterocycles. The summed E-state index contributed by atoms with van der Waals surface area (Å²) in [6.07, 6.45) is 1.57. The molecule has 4 fully saturated rings. The van der Waals surface area contributed by atoms with Gasteiger partial charge >= 0.3 is 12.4 Å². The Hall–Kier alpha value is -4.26. The van der Waals surface area contributed by atoms with Gasteiger partial charge in [-0.05, 0) is 76.6 Å². The van der Waals surface area contributed by atoms with Crippen LogP contribution in [0.25, 0.3) is 12.2 Å². The van der Waals surface area contributed by atoms with Crippen molar-refractivity contribution in [1.82, 2.24) is 29.6 Å². The maximum Gasteiger partial charge on any atom is 0.390 e. The van der Waals surface area contributed by atoms with Crippen LogP contribution in [0.1, 0.15) is 99.8 Å². The molecule has 8 rings (SSSR count). The van der Waals surface area contributed by atoms with Crippen LogP contribution >= 0.6 is 0 Å². The zero-order chi connectivity index (χ0) is 44.7. The molecule has 2 saturated carbocycles. The lowest BCUT2D eigenvalue weighted by Crippen LogP contribution is -2.52. The van der Waals surface area contributed by atoms with Gasteiger partial charge in [0.1, 0.15) is 0 Å². The summed E-state index contributed by atoms with van der Waals surface area (Å²) in [6, 6.07) is 4.27. The molecule has 0 radical (unpaired) electrons. The molecule has 6 heterocycles. The number of hydrogen-bond donors (Lipinski definition) is 4. The van der Waals surface area contributed by atoms with Crippen molar-refractivity contribution in [2.45, 2.75) is 127 Å². The maximum absolute atomic E-state index is 13.1. The van der Waals surface area contributed by atoms with E-state index in [-0.39, 0.29) is 86.2 Å². The molecule has 0 unspecified atom stereocenters. The van der Waals surface area contributed by atoms with Crippen LogP contribution in [-0.2, 0) is 22.7 Å². The summed E-state index contributed by atoms with van der Waals surface area (Å²) in [5.74, 6) is -2.32. The average molecular weight is 879 g/mol. The molecular weight excluding hydrogens is 823 g/mol. The summed E-state index contributed by atoms with van der Waals surface area (Å²) in [7, 11) is 0. The van der Waals surface area contributed by atoms with E-state index in [1.54, 1.807) is 81.4 Å². The summed E-state index contributed by atoms with van der Waals surface area (Å²) in [5.41, 5.74) is 1.84. The van der Waals surface area contributed by atoms with Gasteiger partial charge in [0.15, 0.2) is 0 Å². The Morgan fingerprint density at radius 3 is 1.32 bits per heavy atom. The predicted octanol–water partition coefficient (Wildman–Crippen LogP) is 4.93. The van der Waals surface area contributed by atoms with Gasteiger partial charge in [0.25, 0.3) is 11.1 Å². The Morgan fingerprint density at radius 2 is 1.03 bits per heavy atom. The minimum Gasteiger partial charge on any atom is -0.396 e. The average Bonchev–Trinajstić information content (AvgIpc) is 3.91. The summed E-state index contributed by atoms with van der Waals surface area (Å²) < 4.78 is 81.7. The highest BCUT2D eigenvalue weighted by Crippen LogP contribution is 2.51. The van der Waals surface area contributed by atoms with E-state index in [4.69, 9.17) is 0 Å². The lowest BCUT2D eigenvalue weighted by atomic mass is 9.87. The van der Waals surface area contributed by atoms with Gasteiger partial charge in [-0.1, -0.05) is 24.3 Å². The molecule has 2 aromatic rings. The first kappa shape index (κ1) is 45.8. The van der Waals surface area contributed by atoms with Crippen LogP contribution in [0.5, 0.6) is 0 Å². The first-order valence-corrected chi connectivity index (χ1v) is 21.7. The molecular formula is C44H56F6N6O6. The zero-order valence-electron chi connectivity index (χ0n) is 34.9. The fourth-order valence-electron chi connectivity index (χ4n) is 10.6. The highest BCUT2D eigenvalue weighted by Gasteiger charge is 2.57. The van der Waals surface area contributed by atoms with Crippen LogP contribution in [0.15, 0.2) is 46.0 Å². The Kier molecular flexibility index (Phi) is 13.6. The molecule has 8 atom stereocenters. The number of pyridine rings is 2. The predicted molar refractivity (Wildman–Crippen MR) is 218 cm³/mol. The van der Waals surface area contributed by atoms with Gasteiger partial charge in [-0.2, -0.15) is 26.3 Å². The fraction of sp³-hybridized carbons (Fsp3) is 0.636. The van der Waals surface area contributed by atoms with Gasteiger partial charge < -0.3 is 30.0 Å². The first-order valence-electron chi connectivity index (χ1n) is 21.7. The monoisotopic (exact) mass is 878 g/mol. The van der Waals surface area contributed by atoms with Gasteiger partial charge in [-0.3, -0.25) is 29.0 Å². The van der Waals surface area contributed by atoms with Gasteiger partial charge in [0.2, 0.25) is 11.8 Å². The molecule has 2 aliphatic carbocycles. The van der Waals surface area contributed by atoms with E-state index in [2.05, 4.69) is 10.6 Å². The van der Waals surface area contributed by atoms with E-state index in [0.29, 0.717) is 22.5 Å². The molecule has 2 aromatic heterocycles. The van der Waals surface area contributed by atoms with Crippen molar-refractivity contribution >= 4 is 24.0 Å². The standard InChI is InChI=1S/2C22H28F3N3O3/c2*1-2-4-13-7-8-17-18-15(11-28(17)21(13)31)16(12-29)19(20(30)26-14-5-3-6-14)27(18)10-9-22(23,24)25/h2*2,4,7-8,14-16,18-19,29H,3,5-6,9-12H2,1H3,(H,26,30)/b4-2+;4-2-/t2*15-,16-,18+,19-/m11/s1. The van der Waals surface area contributed by atoms with Crippen LogP contribution in [-0.4, -0.2) is 104 Å². The van der Waals surface area contributed by atoms with Crippen molar-refractivity contribution in [2.75, 3.05) is 26.3 Å². The fourth-order valence-corrected chi connectivity index (χ4v) is 10.6. The second-order valence-corrected chi connectivity index (χ2v) is 17.5. The molecule has 18 heteroatoms. The smallest absolute Gasteiger partial charge is 0.390 e. The molecule has 0 aromatic carbocycles. The van der Waals surface area contributed by atoms with Crippen LogP contribution < -0.4 is 21.8 Å². The Labute approximate surface area is 355 Å². The summed E-state index contributed by atoms with van der Waals surface area (Å²) in [5, 5.41) is 26.2. The summed E-state index contributed by atoms with van der Waals surface area (Å²) in [4.78, 5) is 55.1. The number of allylic oxidation sites excluding steroid dienone is 2. The number of amides is 2. The number of carbonyl (C=O) groups is 2. The molecule has 0 spiro atoms. The molecule has 0 bridgehead atoms. The van der Waals surface area contributed by atoms with Gasteiger partial charge in [-0.25, -0.2) is 0 Å². The molecule has 12 nitrogen and oxygen atoms in total. The number of halogens is 6. The molecule has 340 valence electrons. The SMILES string of the molecule is C/C=C/c1ccc2n(c1=O)C[C@@H]1[C@@H](CO)[C@H](C(=O)NC3CCC3)N(CCC(F)(F)F)[C@H]21.C/C=C\c1ccc2n(c1=O)C[C@@H]1[C@@H](CO)[C@H](C(=O)NC3CCC3)N(CCC(F)(F)F)[C@H]21. The topological polar surface area (TPSA) is 149 Å². The number of nitrogens with one attached hydrogen (secondary N) is 2. The lowest BCUT2D eigenvalue weighted by Gasteiger charge is -2.34. The molecule has 6 aliphatic rings. The number of rotatable bonds is 12. The van der Waals surface area contributed by atoms with Crippen molar-refractivity contribution in [1.29, 1.82) is 0 Å². The molecule has 4 N–H and O–H groups in total.